The van der Waals surface area contributed by atoms with Gasteiger partial charge in [0.15, 0.2) is 0 Å². The van der Waals surface area contributed by atoms with Crippen LogP contribution in [0, 0.1) is 5.41 Å². The molecular formula is C42H53N3O. The van der Waals surface area contributed by atoms with Crippen molar-refractivity contribution in [1.29, 1.82) is 0 Å². The molecule has 0 saturated carbocycles. The summed E-state index contributed by atoms with van der Waals surface area (Å²) in [5.74, 6) is 0.249. The summed E-state index contributed by atoms with van der Waals surface area (Å²) in [5, 5.41) is 22.4. The minimum absolute atomic E-state index is 0.0134. The quantitative estimate of drug-likeness (QED) is 0.161. The highest BCUT2D eigenvalue weighted by Gasteiger charge is 2.38. The monoisotopic (exact) mass is 615 g/mol. The van der Waals surface area contributed by atoms with Gasteiger partial charge in [0.25, 0.3) is 0 Å². The molecule has 4 heteroatoms. The van der Waals surface area contributed by atoms with E-state index in [1.165, 1.54) is 22.3 Å². The lowest BCUT2D eigenvalue weighted by atomic mass is 9.66. The molecule has 0 aliphatic rings. The lowest BCUT2D eigenvalue weighted by Gasteiger charge is -2.38. The molecule has 0 spiro atoms. The second-order valence-electron chi connectivity index (χ2n) is 15.0. The molecule has 46 heavy (non-hydrogen) atoms. The molecule has 0 atom stereocenters. The zero-order valence-electron chi connectivity index (χ0n) is 29.5. The van der Waals surface area contributed by atoms with Crippen LogP contribution in [0.15, 0.2) is 91.0 Å². The Morgan fingerprint density at radius 1 is 0.565 bits per heavy atom. The van der Waals surface area contributed by atoms with Gasteiger partial charge in [-0.25, -0.2) is 0 Å². The highest BCUT2D eigenvalue weighted by atomic mass is 16.3. The molecule has 1 N–H and O–H groups in total. The first-order valence-electron chi connectivity index (χ1n) is 17.2. The van der Waals surface area contributed by atoms with Crippen molar-refractivity contribution < 1.29 is 5.11 Å². The van der Waals surface area contributed by atoms with Crippen LogP contribution in [0.25, 0.3) is 16.7 Å². The van der Waals surface area contributed by atoms with Gasteiger partial charge in [0.2, 0.25) is 0 Å². The summed E-state index contributed by atoms with van der Waals surface area (Å²) >= 11 is 0. The highest BCUT2D eigenvalue weighted by molar-refractivity contribution is 5.75. The van der Waals surface area contributed by atoms with Gasteiger partial charge in [-0.3, -0.25) is 0 Å². The fourth-order valence-corrected chi connectivity index (χ4v) is 8.23. The van der Waals surface area contributed by atoms with E-state index >= 15 is 0 Å². The average Bonchev–Trinajstić information content (AvgIpc) is 3.47. The first kappa shape index (κ1) is 33.4. The smallest absolute Gasteiger partial charge is 0.147 e. The topological polar surface area (TPSA) is 50.9 Å². The maximum Gasteiger partial charge on any atom is 0.147 e. The molecular weight excluding hydrogens is 562 g/mol. The number of hydrogen-bond donors (Lipinski definition) is 1. The summed E-state index contributed by atoms with van der Waals surface area (Å²) < 4.78 is 0. The van der Waals surface area contributed by atoms with Crippen LogP contribution >= 0.6 is 0 Å². The van der Waals surface area contributed by atoms with E-state index in [0.29, 0.717) is 5.69 Å². The predicted molar refractivity (Wildman–Crippen MR) is 193 cm³/mol. The van der Waals surface area contributed by atoms with Crippen LogP contribution in [-0.2, 0) is 16.2 Å². The number of phenols is 1. The molecule has 0 fully saturated rings. The Morgan fingerprint density at radius 3 is 1.61 bits per heavy atom. The number of nitrogens with zero attached hydrogens (tertiary/aromatic N) is 3. The average molecular weight is 616 g/mol. The largest absolute Gasteiger partial charge is 0.505 e. The Hall–Kier alpha value is -3.92. The molecule has 4 aromatic carbocycles. The maximum atomic E-state index is 12.3. The van der Waals surface area contributed by atoms with Crippen LogP contribution in [0.2, 0.25) is 0 Å². The Bertz CT molecular complexity index is 1770. The first-order chi connectivity index (χ1) is 21.8. The lowest BCUT2D eigenvalue weighted by molar-refractivity contribution is 0.284. The molecule has 1 heterocycles. The van der Waals surface area contributed by atoms with Crippen LogP contribution in [-0.4, -0.2) is 20.1 Å². The molecule has 0 saturated heterocycles. The van der Waals surface area contributed by atoms with Crippen molar-refractivity contribution in [3.63, 3.8) is 0 Å². The van der Waals surface area contributed by atoms with E-state index in [0.717, 1.165) is 48.7 Å². The predicted octanol–water partition coefficient (Wildman–Crippen LogP) is 11.1. The van der Waals surface area contributed by atoms with E-state index in [1.54, 1.807) is 4.80 Å². The van der Waals surface area contributed by atoms with Crippen LogP contribution in [0.5, 0.6) is 5.75 Å². The van der Waals surface area contributed by atoms with Gasteiger partial charge in [-0.2, -0.15) is 0 Å². The number of benzene rings is 4. The van der Waals surface area contributed by atoms with Gasteiger partial charge in [0.05, 0.1) is 0 Å². The van der Waals surface area contributed by atoms with E-state index < -0.39 is 0 Å². The summed E-state index contributed by atoms with van der Waals surface area (Å²) in [6.45, 7) is 20.5. The molecule has 0 aliphatic heterocycles. The molecule has 5 aromatic rings. The third-order valence-corrected chi connectivity index (χ3v) is 10.6. The van der Waals surface area contributed by atoms with Crippen molar-refractivity contribution in [2.75, 3.05) is 0 Å². The number of rotatable bonds is 11. The second kappa shape index (κ2) is 12.7. The molecule has 0 unspecified atom stereocenters. The zero-order valence-corrected chi connectivity index (χ0v) is 29.5. The van der Waals surface area contributed by atoms with Crippen molar-refractivity contribution in [3.05, 3.63) is 119 Å². The Labute approximate surface area is 276 Å². The number of aromatic nitrogens is 3. The van der Waals surface area contributed by atoms with E-state index in [9.17, 15) is 5.11 Å². The summed E-state index contributed by atoms with van der Waals surface area (Å²) in [6, 6.07) is 32.4. The van der Waals surface area contributed by atoms with Crippen molar-refractivity contribution >= 4 is 11.0 Å². The Balaban J connectivity index is 1.79. The summed E-state index contributed by atoms with van der Waals surface area (Å²) in [4.78, 5) is 1.68. The zero-order chi connectivity index (χ0) is 33.3. The fourth-order valence-electron chi connectivity index (χ4n) is 8.23. The molecule has 0 bridgehead atoms. The highest BCUT2D eigenvalue weighted by Crippen LogP contribution is 2.49. The number of aromatic hydroxyl groups is 1. The number of hydrogen-bond acceptors (Lipinski definition) is 3. The number of fused-ring (bicyclic) bond motifs is 1. The summed E-state index contributed by atoms with van der Waals surface area (Å²) in [5.41, 5.74) is 7.72. The van der Waals surface area contributed by atoms with Gasteiger partial charge in [-0.15, -0.1) is 15.0 Å². The van der Waals surface area contributed by atoms with Crippen molar-refractivity contribution in [3.8, 4) is 11.4 Å². The summed E-state index contributed by atoms with van der Waals surface area (Å²) in [7, 11) is 0. The van der Waals surface area contributed by atoms with Crippen LogP contribution in [0.3, 0.4) is 0 Å². The number of phenolic OH excluding ortho intramolecular Hbond substituents is 1. The molecule has 5 rings (SSSR count). The minimum atomic E-state index is -0.378. The molecule has 0 amide bonds. The van der Waals surface area contributed by atoms with E-state index in [1.807, 2.05) is 0 Å². The van der Waals surface area contributed by atoms with E-state index in [4.69, 9.17) is 10.2 Å². The van der Waals surface area contributed by atoms with E-state index in [-0.39, 0.29) is 27.4 Å². The Morgan fingerprint density at radius 2 is 1.09 bits per heavy atom. The van der Waals surface area contributed by atoms with Crippen LogP contribution in [0.1, 0.15) is 122 Å². The van der Waals surface area contributed by atoms with Gasteiger partial charge in [-0.1, -0.05) is 135 Å². The molecule has 1 aromatic heterocycles. The van der Waals surface area contributed by atoms with Crippen molar-refractivity contribution in [2.45, 2.75) is 111 Å². The normalized spacial score (nSPS) is 13.0. The maximum absolute atomic E-state index is 12.3. The third-order valence-electron chi connectivity index (χ3n) is 10.6. The molecule has 242 valence electrons. The SMILES string of the molecule is CCC(CC)(c1ccccc1)c1cc(-n2nc3ccc(C(C)(C)CC(C)(C)C)cc3n2)c(O)c(C(CC)(CC)c2ccccc2)c1. The van der Waals surface area contributed by atoms with Gasteiger partial charge in [0.1, 0.15) is 22.5 Å². The molecule has 0 aliphatic carbocycles. The minimum Gasteiger partial charge on any atom is -0.505 e. The fraction of sp³-hybridized carbons (Fsp3) is 0.429. The standard InChI is InChI=1S/C42H53N3O/c1-10-41(11-2,30-20-16-14-17-21-30)33-26-34(42(12-3,13-4)31-22-18-15-19-23-31)38(46)37(28-33)45-43-35-25-24-32(27-36(35)44-45)40(8,9)29-39(5,6)7/h14-28,46H,10-13,29H2,1-9H3. The lowest BCUT2D eigenvalue weighted by Crippen LogP contribution is -2.30. The first-order valence-corrected chi connectivity index (χ1v) is 17.2. The van der Waals surface area contributed by atoms with Crippen molar-refractivity contribution in [2.24, 2.45) is 5.41 Å². The molecule has 4 nitrogen and oxygen atoms in total. The van der Waals surface area contributed by atoms with Crippen LogP contribution < -0.4 is 0 Å². The van der Waals surface area contributed by atoms with Gasteiger partial charge in [0, 0.05) is 16.4 Å². The Kier molecular flexibility index (Phi) is 9.23. The van der Waals surface area contributed by atoms with Gasteiger partial charge >= 0.3 is 0 Å². The summed E-state index contributed by atoms with van der Waals surface area (Å²) in [6.07, 6.45) is 4.60. The second-order valence-corrected chi connectivity index (χ2v) is 15.0. The van der Waals surface area contributed by atoms with Crippen LogP contribution in [0.4, 0.5) is 0 Å². The third kappa shape index (κ3) is 5.99. The van der Waals surface area contributed by atoms with Gasteiger partial charge < -0.3 is 5.11 Å². The molecule has 0 radical (unpaired) electrons. The van der Waals surface area contributed by atoms with Gasteiger partial charge in [-0.05, 0) is 83.4 Å². The van der Waals surface area contributed by atoms with E-state index in [2.05, 4.69) is 153 Å². The van der Waals surface area contributed by atoms with Crippen molar-refractivity contribution in [1.82, 2.24) is 15.0 Å².